The zero-order valence-corrected chi connectivity index (χ0v) is 15.7. The molecule has 0 amide bonds. The summed E-state index contributed by atoms with van der Waals surface area (Å²) in [4.78, 5) is 8.47. The number of rotatable bonds is 5. The number of nitrogens with one attached hydrogen (secondary N) is 1. The maximum Gasteiger partial charge on any atom is 0.257 e. The fourth-order valence-electron chi connectivity index (χ4n) is 2.26. The van der Waals surface area contributed by atoms with Gasteiger partial charge >= 0.3 is 0 Å². The second kappa shape index (κ2) is 6.61. The summed E-state index contributed by atoms with van der Waals surface area (Å²) >= 11 is 0. The maximum atomic E-state index is 12.5. The van der Waals surface area contributed by atoms with Crippen molar-refractivity contribution in [3.63, 3.8) is 0 Å². The van der Waals surface area contributed by atoms with Gasteiger partial charge in [0.2, 0.25) is 15.9 Å². The Morgan fingerprint density at radius 3 is 2.42 bits per heavy atom. The molecule has 26 heavy (non-hydrogen) atoms. The van der Waals surface area contributed by atoms with Crippen LogP contribution in [-0.4, -0.2) is 34.2 Å². The minimum atomic E-state index is -3.66. The molecule has 3 rings (SSSR count). The quantitative estimate of drug-likeness (QED) is 0.717. The van der Waals surface area contributed by atoms with E-state index in [-0.39, 0.29) is 17.2 Å². The van der Waals surface area contributed by atoms with Crippen LogP contribution < -0.4 is 4.72 Å². The van der Waals surface area contributed by atoms with Gasteiger partial charge in [0.25, 0.3) is 5.89 Å². The average Bonchev–Trinajstić information content (AvgIpc) is 3.15. The Hall–Kier alpha value is -2.59. The van der Waals surface area contributed by atoms with Gasteiger partial charge in [-0.05, 0) is 39.0 Å². The van der Waals surface area contributed by atoms with E-state index in [1.807, 2.05) is 0 Å². The first-order valence-electron chi connectivity index (χ1n) is 7.89. The van der Waals surface area contributed by atoms with Crippen molar-refractivity contribution in [1.29, 1.82) is 0 Å². The van der Waals surface area contributed by atoms with Crippen molar-refractivity contribution in [2.45, 2.75) is 44.6 Å². The van der Waals surface area contributed by atoms with Crippen LogP contribution in [0.15, 0.2) is 38.2 Å². The molecule has 0 aliphatic carbocycles. The zero-order chi connectivity index (χ0) is 18.9. The number of hydrogen-bond acceptors (Lipinski definition) is 8. The van der Waals surface area contributed by atoms with Crippen LogP contribution in [0.2, 0.25) is 0 Å². The lowest BCUT2D eigenvalue weighted by atomic mass is 10.1. The van der Waals surface area contributed by atoms with E-state index >= 15 is 0 Å². The molecule has 2 aromatic heterocycles. The molecule has 0 spiro atoms. The van der Waals surface area contributed by atoms with Crippen molar-refractivity contribution in [3.05, 3.63) is 41.8 Å². The molecule has 0 aliphatic rings. The minimum Gasteiger partial charge on any atom is -0.340 e. The Kier molecular flexibility index (Phi) is 4.63. The van der Waals surface area contributed by atoms with Crippen LogP contribution in [0.25, 0.3) is 11.5 Å². The van der Waals surface area contributed by atoms with Crippen LogP contribution in [0.4, 0.5) is 0 Å². The van der Waals surface area contributed by atoms with Crippen molar-refractivity contribution in [2.24, 2.45) is 0 Å². The van der Waals surface area contributed by atoms with Crippen LogP contribution in [0.3, 0.4) is 0 Å². The van der Waals surface area contributed by atoms with E-state index in [4.69, 9.17) is 9.05 Å². The van der Waals surface area contributed by atoms with E-state index in [2.05, 4.69) is 25.0 Å². The van der Waals surface area contributed by atoms with Crippen molar-refractivity contribution < 1.29 is 17.5 Å². The Morgan fingerprint density at radius 1 is 1.08 bits per heavy atom. The first-order valence-corrected chi connectivity index (χ1v) is 9.37. The standard InChI is InChI=1S/C16H19N5O4S/c1-10-17-13(19-24-10)9-14-18-15(25-20-14)11-6-5-7-12(8-11)26(22,23)21-16(2,3)4/h5-8,21H,9H2,1-4H3. The predicted octanol–water partition coefficient (Wildman–Crippen LogP) is 2.10. The molecule has 9 nitrogen and oxygen atoms in total. The summed E-state index contributed by atoms with van der Waals surface area (Å²) in [6.07, 6.45) is 0.254. The molecule has 2 heterocycles. The maximum absolute atomic E-state index is 12.5. The van der Waals surface area contributed by atoms with Gasteiger partial charge in [-0.25, -0.2) is 13.1 Å². The van der Waals surface area contributed by atoms with Crippen LogP contribution in [0.5, 0.6) is 0 Å². The summed E-state index contributed by atoms with van der Waals surface area (Å²) in [5.74, 6) is 1.49. The minimum absolute atomic E-state index is 0.124. The molecule has 0 unspecified atom stereocenters. The third kappa shape index (κ3) is 4.33. The fourth-order valence-corrected chi connectivity index (χ4v) is 3.72. The highest BCUT2D eigenvalue weighted by Gasteiger charge is 2.23. The monoisotopic (exact) mass is 377 g/mol. The molecule has 0 saturated carbocycles. The Labute approximate surface area is 150 Å². The number of nitrogens with zero attached hydrogens (tertiary/aromatic N) is 4. The highest BCUT2D eigenvalue weighted by atomic mass is 32.2. The summed E-state index contributed by atoms with van der Waals surface area (Å²) in [5.41, 5.74) is -0.0836. The highest BCUT2D eigenvalue weighted by molar-refractivity contribution is 7.89. The molecule has 0 atom stereocenters. The first kappa shape index (κ1) is 18.2. The van der Waals surface area contributed by atoms with E-state index in [1.54, 1.807) is 39.8 Å². The number of sulfonamides is 1. The topological polar surface area (TPSA) is 124 Å². The van der Waals surface area contributed by atoms with Crippen LogP contribution >= 0.6 is 0 Å². The summed E-state index contributed by atoms with van der Waals surface area (Å²) in [7, 11) is -3.66. The van der Waals surface area contributed by atoms with Gasteiger partial charge < -0.3 is 9.05 Å². The third-order valence-corrected chi connectivity index (χ3v) is 4.94. The van der Waals surface area contributed by atoms with Crippen molar-refractivity contribution in [3.8, 4) is 11.5 Å². The SMILES string of the molecule is Cc1nc(Cc2noc(-c3cccc(S(=O)(=O)NC(C)(C)C)c3)n2)no1. The molecular weight excluding hydrogens is 358 g/mol. The number of aryl methyl sites for hydroxylation is 1. The second-order valence-electron chi connectivity index (χ2n) is 6.81. The molecular formula is C16H19N5O4S. The van der Waals surface area contributed by atoms with E-state index < -0.39 is 15.6 Å². The molecule has 10 heteroatoms. The molecule has 1 N–H and O–H groups in total. The third-order valence-electron chi connectivity index (χ3n) is 3.19. The zero-order valence-electron chi connectivity index (χ0n) is 14.8. The summed E-state index contributed by atoms with van der Waals surface area (Å²) in [6.45, 7) is 7.02. The van der Waals surface area contributed by atoms with E-state index in [0.29, 0.717) is 23.1 Å². The fraction of sp³-hybridized carbons (Fsp3) is 0.375. The number of aromatic nitrogens is 4. The van der Waals surface area contributed by atoms with Gasteiger partial charge in [-0.2, -0.15) is 9.97 Å². The van der Waals surface area contributed by atoms with Gasteiger partial charge in [0, 0.05) is 18.0 Å². The second-order valence-corrected chi connectivity index (χ2v) is 8.49. The normalized spacial score (nSPS) is 12.5. The molecule has 0 bridgehead atoms. The molecule has 0 aliphatic heterocycles. The highest BCUT2D eigenvalue weighted by Crippen LogP contribution is 2.22. The first-order chi connectivity index (χ1) is 12.1. The van der Waals surface area contributed by atoms with E-state index in [9.17, 15) is 8.42 Å². The molecule has 0 radical (unpaired) electrons. The number of hydrogen-bond donors (Lipinski definition) is 1. The number of benzene rings is 1. The van der Waals surface area contributed by atoms with Gasteiger partial charge in [-0.1, -0.05) is 16.4 Å². The van der Waals surface area contributed by atoms with Crippen molar-refractivity contribution >= 4 is 10.0 Å². The van der Waals surface area contributed by atoms with E-state index in [0.717, 1.165) is 0 Å². The average molecular weight is 377 g/mol. The van der Waals surface area contributed by atoms with E-state index in [1.165, 1.54) is 12.1 Å². The summed E-state index contributed by atoms with van der Waals surface area (Å²) < 4.78 is 37.7. The lowest BCUT2D eigenvalue weighted by molar-refractivity contribution is 0.387. The molecule has 0 saturated heterocycles. The Bertz CT molecular complexity index is 1020. The molecule has 3 aromatic rings. The van der Waals surface area contributed by atoms with Gasteiger partial charge in [0.05, 0.1) is 11.3 Å². The Morgan fingerprint density at radius 2 is 1.77 bits per heavy atom. The molecule has 138 valence electrons. The van der Waals surface area contributed by atoms with Crippen molar-refractivity contribution in [1.82, 2.24) is 25.0 Å². The molecule has 0 fully saturated rings. The van der Waals surface area contributed by atoms with Gasteiger partial charge in [0.1, 0.15) is 0 Å². The Balaban J connectivity index is 1.85. The smallest absolute Gasteiger partial charge is 0.257 e. The van der Waals surface area contributed by atoms with Crippen LogP contribution in [0, 0.1) is 6.92 Å². The largest absolute Gasteiger partial charge is 0.340 e. The predicted molar refractivity (Wildman–Crippen MR) is 91.6 cm³/mol. The van der Waals surface area contributed by atoms with Crippen LogP contribution in [-0.2, 0) is 16.4 Å². The van der Waals surface area contributed by atoms with Gasteiger partial charge in [-0.15, -0.1) is 0 Å². The lowest BCUT2D eigenvalue weighted by Gasteiger charge is -2.20. The van der Waals surface area contributed by atoms with Gasteiger partial charge in [0.15, 0.2) is 11.6 Å². The van der Waals surface area contributed by atoms with Crippen molar-refractivity contribution in [2.75, 3.05) is 0 Å². The van der Waals surface area contributed by atoms with Gasteiger partial charge in [-0.3, -0.25) is 0 Å². The summed E-state index contributed by atoms with van der Waals surface area (Å²) in [6, 6.07) is 6.33. The molecule has 1 aromatic carbocycles. The van der Waals surface area contributed by atoms with Crippen LogP contribution in [0.1, 0.15) is 38.3 Å². The lowest BCUT2D eigenvalue weighted by Crippen LogP contribution is -2.40. The summed E-state index contributed by atoms with van der Waals surface area (Å²) in [5, 5.41) is 7.65.